The number of carbonyl (C=O) groups is 2. The molecule has 6 atom stereocenters. The quantitative estimate of drug-likeness (QED) is 0.146. The van der Waals surface area contributed by atoms with Crippen molar-refractivity contribution in [2.24, 2.45) is 5.41 Å². The number of ether oxygens (including phenoxy) is 2. The van der Waals surface area contributed by atoms with Crippen molar-refractivity contribution >= 4 is 31.0 Å². The number of carboxylic acids is 1. The van der Waals surface area contributed by atoms with Crippen molar-refractivity contribution in [2.45, 2.75) is 57.6 Å². The van der Waals surface area contributed by atoms with E-state index in [9.17, 15) is 34.7 Å². The molecule has 16 nitrogen and oxygen atoms in total. The number of aromatic nitrogens is 3. The van der Waals surface area contributed by atoms with Crippen LogP contribution in [0, 0.1) is 16.7 Å². The third kappa shape index (κ3) is 5.79. The standard InChI is InChI=1S/C21H29N6O10P/c1-11(18(30)31)26-38(33,36-10-34-19(32)20(2,3)4)35-7-13-15(28)16(29)21(8-22,37-13)14-6-5-12-17(23)24-9-25-27(12)14/h5-6,9,11,13,15-16,28-29H,7,10H2,1-4H3,(H,26,33)(H,30,31)(H2,23,24,25)/t11-,13+,15+,16+,21-,38?/m0/s1. The highest BCUT2D eigenvalue weighted by Crippen LogP contribution is 2.47. The van der Waals surface area contributed by atoms with Gasteiger partial charge in [-0.15, -0.1) is 0 Å². The second-order valence-electron chi connectivity index (χ2n) is 9.51. The Morgan fingerprint density at radius 2 is 2.05 bits per heavy atom. The summed E-state index contributed by atoms with van der Waals surface area (Å²) in [5.41, 5.74) is 3.14. The summed E-state index contributed by atoms with van der Waals surface area (Å²) < 4.78 is 35.5. The van der Waals surface area contributed by atoms with Gasteiger partial charge >= 0.3 is 19.7 Å². The molecule has 1 aliphatic heterocycles. The van der Waals surface area contributed by atoms with Crippen LogP contribution in [0.25, 0.3) is 5.52 Å². The van der Waals surface area contributed by atoms with Crippen LogP contribution in [-0.2, 0) is 38.3 Å². The first-order chi connectivity index (χ1) is 17.6. The number of aliphatic carboxylic acids is 1. The van der Waals surface area contributed by atoms with E-state index in [0.717, 1.165) is 6.33 Å². The molecule has 0 amide bonds. The topological polar surface area (TPSA) is 241 Å². The van der Waals surface area contributed by atoms with Gasteiger partial charge in [-0.05, 0) is 39.8 Å². The number of nitrogens with zero attached hydrogens (tertiary/aromatic N) is 4. The number of hydrogen-bond donors (Lipinski definition) is 5. The number of nitrogens with one attached hydrogen (secondary N) is 1. The van der Waals surface area contributed by atoms with Crippen molar-refractivity contribution in [3.63, 3.8) is 0 Å². The van der Waals surface area contributed by atoms with E-state index >= 15 is 0 Å². The molecule has 2 aromatic rings. The zero-order chi connectivity index (χ0) is 28.5. The molecule has 3 rings (SSSR count). The van der Waals surface area contributed by atoms with Crippen LogP contribution in [-0.4, -0.2) is 79.6 Å². The van der Waals surface area contributed by atoms with Crippen LogP contribution in [0.5, 0.6) is 0 Å². The number of rotatable bonds is 10. The molecule has 1 saturated heterocycles. The van der Waals surface area contributed by atoms with E-state index in [-0.39, 0.29) is 11.5 Å². The van der Waals surface area contributed by atoms with Gasteiger partial charge in [0.25, 0.3) is 0 Å². The van der Waals surface area contributed by atoms with Gasteiger partial charge in [0.1, 0.15) is 42.3 Å². The number of nitriles is 1. The number of esters is 1. The fraction of sp³-hybridized carbons (Fsp3) is 0.571. The van der Waals surface area contributed by atoms with Crippen LogP contribution in [0.1, 0.15) is 33.4 Å². The monoisotopic (exact) mass is 556 g/mol. The van der Waals surface area contributed by atoms with Crippen molar-refractivity contribution in [2.75, 3.05) is 19.1 Å². The number of nitrogen functional groups attached to an aromatic ring is 1. The summed E-state index contributed by atoms with van der Waals surface area (Å²) in [5.74, 6) is -1.98. The summed E-state index contributed by atoms with van der Waals surface area (Å²) >= 11 is 0. The minimum Gasteiger partial charge on any atom is -0.480 e. The molecule has 6 N–H and O–H groups in total. The minimum atomic E-state index is -4.50. The number of nitrogens with two attached hydrogens (primary N) is 1. The molecule has 208 valence electrons. The molecule has 3 heterocycles. The maximum atomic E-state index is 13.3. The Hall–Kier alpha value is -3.16. The first-order valence-electron chi connectivity index (χ1n) is 11.3. The van der Waals surface area contributed by atoms with Crippen LogP contribution >= 0.6 is 7.75 Å². The highest BCUT2D eigenvalue weighted by Gasteiger charge is 2.58. The van der Waals surface area contributed by atoms with Gasteiger partial charge in [0.2, 0.25) is 12.4 Å². The van der Waals surface area contributed by atoms with E-state index < -0.39 is 68.5 Å². The minimum absolute atomic E-state index is 0.0318. The summed E-state index contributed by atoms with van der Waals surface area (Å²) in [5, 5.41) is 46.9. The third-order valence-corrected chi connectivity index (χ3v) is 7.28. The van der Waals surface area contributed by atoms with Crippen LogP contribution in [0.3, 0.4) is 0 Å². The van der Waals surface area contributed by atoms with Gasteiger partial charge in [-0.3, -0.25) is 18.6 Å². The van der Waals surface area contributed by atoms with Crippen LogP contribution < -0.4 is 10.8 Å². The molecule has 0 aromatic carbocycles. The van der Waals surface area contributed by atoms with Gasteiger partial charge in [0, 0.05) is 0 Å². The van der Waals surface area contributed by atoms with Crippen LogP contribution in [0.2, 0.25) is 0 Å². The molecular weight excluding hydrogens is 527 g/mol. The summed E-state index contributed by atoms with van der Waals surface area (Å²) in [4.78, 5) is 27.1. The first kappa shape index (κ1) is 29.4. The fourth-order valence-corrected chi connectivity index (χ4v) is 4.83. The number of fused-ring (bicyclic) bond motifs is 1. The Morgan fingerprint density at radius 3 is 2.66 bits per heavy atom. The number of hydrogen-bond acceptors (Lipinski definition) is 13. The summed E-state index contributed by atoms with van der Waals surface area (Å²) in [6.07, 6.45) is -3.84. The van der Waals surface area contributed by atoms with Crippen molar-refractivity contribution in [1.82, 2.24) is 19.7 Å². The first-order valence-corrected chi connectivity index (χ1v) is 12.8. The molecule has 1 aliphatic rings. The number of aliphatic hydroxyl groups excluding tert-OH is 2. The van der Waals surface area contributed by atoms with E-state index in [1.54, 1.807) is 20.8 Å². The van der Waals surface area contributed by atoms with Gasteiger partial charge in [-0.25, -0.2) is 19.2 Å². The Bertz CT molecular complexity index is 1290. The van der Waals surface area contributed by atoms with Crippen LogP contribution in [0.15, 0.2) is 18.5 Å². The number of carbonyl (C=O) groups excluding carboxylic acids is 1. The molecule has 2 aromatic heterocycles. The average Bonchev–Trinajstić information content (AvgIpc) is 3.38. The van der Waals surface area contributed by atoms with Gasteiger partial charge in [-0.2, -0.15) is 10.4 Å². The second-order valence-corrected chi connectivity index (χ2v) is 11.3. The normalized spacial score (nSPS) is 26.0. The van der Waals surface area contributed by atoms with E-state index in [4.69, 9.17) is 24.3 Å². The SMILES string of the molecule is C[C@H](NP(=O)(OCOC(=O)C(C)(C)C)OC[C@H]1O[C@@](C#N)(c2ccc3c(N)ncnn23)[C@H](O)[C@@H]1O)C(=O)O. The maximum Gasteiger partial charge on any atom is 0.409 e. The summed E-state index contributed by atoms with van der Waals surface area (Å²) in [7, 11) is -4.50. The zero-order valence-electron chi connectivity index (χ0n) is 21.0. The molecule has 38 heavy (non-hydrogen) atoms. The fourth-order valence-electron chi connectivity index (χ4n) is 3.49. The molecule has 17 heteroatoms. The molecular formula is C21H29N6O10P. The highest BCUT2D eigenvalue weighted by molar-refractivity contribution is 7.51. The number of carboxylic acid groups (broad SMARTS) is 1. The van der Waals surface area contributed by atoms with Crippen molar-refractivity contribution in [1.29, 1.82) is 5.26 Å². The third-order valence-electron chi connectivity index (χ3n) is 5.64. The Balaban J connectivity index is 1.81. The Morgan fingerprint density at radius 1 is 1.37 bits per heavy atom. The van der Waals surface area contributed by atoms with E-state index in [1.165, 1.54) is 23.6 Å². The largest absolute Gasteiger partial charge is 0.480 e. The van der Waals surface area contributed by atoms with Crippen molar-refractivity contribution in [3.05, 3.63) is 24.2 Å². The second kappa shape index (κ2) is 10.9. The lowest BCUT2D eigenvalue weighted by molar-refractivity contribution is -0.160. The lowest BCUT2D eigenvalue weighted by atomic mass is 9.92. The highest BCUT2D eigenvalue weighted by atomic mass is 31.2. The average molecular weight is 556 g/mol. The predicted molar refractivity (Wildman–Crippen MR) is 127 cm³/mol. The van der Waals surface area contributed by atoms with Crippen LogP contribution in [0.4, 0.5) is 5.82 Å². The van der Waals surface area contributed by atoms with Crippen molar-refractivity contribution in [3.8, 4) is 6.07 Å². The van der Waals surface area contributed by atoms with Gasteiger partial charge < -0.3 is 30.5 Å². The van der Waals surface area contributed by atoms with Gasteiger partial charge in [0.05, 0.1) is 17.7 Å². The van der Waals surface area contributed by atoms with Crippen molar-refractivity contribution < 1.29 is 48.0 Å². The Kier molecular flexibility index (Phi) is 8.44. The van der Waals surface area contributed by atoms with Gasteiger partial charge in [0.15, 0.2) is 5.82 Å². The zero-order valence-corrected chi connectivity index (χ0v) is 21.9. The van der Waals surface area contributed by atoms with E-state index in [1.807, 2.05) is 6.07 Å². The molecule has 0 bridgehead atoms. The lowest BCUT2D eigenvalue weighted by Gasteiger charge is -2.25. The molecule has 0 aliphatic carbocycles. The number of anilines is 1. The maximum absolute atomic E-state index is 13.3. The molecule has 0 saturated carbocycles. The van der Waals surface area contributed by atoms with Gasteiger partial charge in [-0.1, -0.05) is 0 Å². The Labute approximate surface area is 216 Å². The lowest BCUT2D eigenvalue weighted by Crippen LogP contribution is -2.41. The molecule has 0 radical (unpaired) electrons. The smallest absolute Gasteiger partial charge is 0.409 e. The molecule has 1 fully saturated rings. The van der Waals surface area contributed by atoms with E-state index in [0.29, 0.717) is 5.52 Å². The summed E-state index contributed by atoms with van der Waals surface area (Å²) in [6.45, 7) is 4.33. The number of aliphatic hydroxyl groups is 2. The molecule has 1 unspecified atom stereocenters. The predicted octanol–water partition coefficient (Wildman–Crippen LogP) is -0.0982. The summed E-state index contributed by atoms with van der Waals surface area (Å²) in [6, 6.07) is 3.33. The molecule has 0 spiro atoms. The van der Waals surface area contributed by atoms with E-state index in [2.05, 4.69) is 15.2 Å².